The Kier molecular flexibility index (Phi) is 3.74. The molecule has 0 heterocycles. The van der Waals surface area contributed by atoms with Crippen LogP contribution >= 0.6 is 15.9 Å². The van der Waals surface area contributed by atoms with E-state index in [4.69, 9.17) is 0 Å². The number of rotatable bonds is 3. The Morgan fingerprint density at radius 1 is 1.05 bits per heavy atom. The monoisotopic (exact) mass is 314 g/mol. The number of halogens is 1. The molecular weight excluding hydrogens is 296 g/mol. The molecule has 0 saturated heterocycles. The lowest BCUT2D eigenvalue weighted by atomic mass is 10.00. The molecule has 1 atom stereocenters. The largest absolute Gasteiger partial charge is 0.0835 e. The van der Waals surface area contributed by atoms with Gasteiger partial charge in [0.1, 0.15) is 0 Å². The van der Waals surface area contributed by atoms with E-state index in [1.807, 2.05) is 0 Å². The average Bonchev–Trinajstić information content (AvgIpc) is 2.85. The number of aryl methyl sites for hydroxylation is 3. The SMILES string of the molecule is Cc1cccc(CC(Br)c2ccc3c(c2)CCC3)c1. The summed E-state index contributed by atoms with van der Waals surface area (Å²) in [6, 6.07) is 15.8. The van der Waals surface area contributed by atoms with Crippen molar-refractivity contribution in [2.75, 3.05) is 0 Å². The summed E-state index contributed by atoms with van der Waals surface area (Å²) in [5.74, 6) is 0. The summed E-state index contributed by atoms with van der Waals surface area (Å²) in [7, 11) is 0. The number of alkyl halides is 1. The molecule has 0 fully saturated rings. The first-order chi connectivity index (χ1) is 9.22. The van der Waals surface area contributed by atoms with Crippen LogP contribution in [0.2, 0.25) is 0 Å². The molecule has 0 aliphatic heterocycles. The molecule has 1 heteroatoms. The molecule has 0 nitrogen and oxygen atoms in total. The molecule has 0 spiro atoms. The molecule has 1 aliphatic carbocycles. The van der Waals surface area contributed by atoms with Crippen molar-refractivity contribution in [1.29, 1.82) is 0 Å². The first-order valence-corrected chi connectivity index (χ1v) is 7.95. The second-order valence-electron chi connectivity index (χ2n) is 5.54. The Hall–Kier alpha value is -1.08. The highest BCUT2D eigenvalue weighted by atomic mass is 79.9. The van der Waals surface area contributed by atoms with Gasteiger partial charge in [-0.1, -0.05) is 64.0 Å². The van der Waals surface area contributed by atoms with Crippen LogP contribution in [0.4, 0.5) is 0 Å². The number of hydrogen-bond acceptors (Lipinski definition) is 0. The summed E-state index contributed by atoms with van der Waals surface area (Å²) >= 11 is 3.86. The molecule has 0 amide bonds. The molecule has 0 radical (unpaired) electrons. The molecule has 3 rings (SSSR count). The van der Waals surface area contributed by atoms with E-state index in [1.54, 1.807) is 11.1 Å². The van der Waals surface area contributed by atoms with Gasteiger partial charge in [0.15, 0.2) is 0 Å². The van der Waals surface area contributed by atoms with Crippen LogP contribution in [0.3, 0.4) is 0 Å². The zero-order valence-corrected chi connectivity index (χ0v) is 12.9. The summed E-state index contributed by atoms with van der Waals surface area (Å²) in [5.41, 5.74) is 7.28. The van der Waals surface area contributed by atoms with Gasteiger partial charge < -0.3 is 0 Å². The van der Waals surface area contributed by atoms with Crippen LogP contribution in [0, 0.1) is 6.92 Å². The predicted octanol–water partition coefficient (Wildman–Crippen LogP) is 5.16. The topological polar surface area (TPSA) is 0 Å². The summed E-state index contributed by atoms with van der Waals surface area (Å²) in [6.07, 6.45) is 4.90. The maximum atomic E-state index is 3.86. The third-order valence-corrected chi connectivity index (χ3v) is 4.83. The molecule has 0 N–H and O–H groups in total. The molecule has 1 unspecified atom stereocenters. The van der Waals surface area contributed by atoms with E-state index in [9.17, 15) is 0 Å². The van der Waals surface area contributed by atoms with Crippen molar-refractivity contribution in [3.8, 4) is 0 Å². The highest BCUT2D eigenvalue weighted by Crippen LogP contribution is 2.31. The Morgan fingerprint density at radius 3 is 2.74 bits per heavy atom. The van der Waals surface area contributed by atoms with Gasteiger partial charge in [-0.2, -0.15) is 0 Å². The van der Waals surface area contributed by atoms with Crippen molar-refractivity contribution < 1.29 is 0 Å². The normalized spacial score (nSPS) is 15.3. The zero-order chi connectivity index (χ0) is 13.2. The minimum absolute atomic E-state index is 0.417. The van der Waals surface area contributed by atoms with Crippen molar-refractivity contribution in [3.63, 3.8) is 0 Å². The molecular formula is C18H19Br. The quantitative estimate of drug-likeness (QED) is 0.686. The minimum atomic E-state index is 0.417. The number of fused-ring (bicyclic) bond motifs is 1. The van der Waals surface area contributed by atoms with Crippen LogP contribution in [0.5, 0.6) is 0 Å². The first kappa shape index (κ1) is 12.9. The van der Waals surface area contributed by atoms with Crippen LogP contribution in [0.25, 0.3) is 0 Å². The van der Waals surface area contributed by atoms with Crippen molar-refractivity contribution in [3.05, 3.63) is 70.3 Å². The van der Waals surface area contributed by atoms with E-state index in [2.05, 4.69) is 65.3 Å². The summed E-state index contributed by atoms with van der Waals surface area (Å²) in [6.45, 7) is 2.15. The molecule has 19 heavy (non-hydrogen) atoms. The van der Waals surface area contributed by atoms with E-state index >= 15 is 0 Å². The van der Waals surface area contributed by atoms with Crippen LogP contribution in [0.15, 0.2) is 42.5 Å². The molecule has 2 aromatic carbocycles. The van der Waals surface area contributed by atoms with Crippen molar-refractivity contribution in [1.82, 2.24) is 0 Å². The third-order valence-electron chi connectivity index (χ3n) is 3.98. The van der Waals surface area contributed by atoms with E-state index in [0.29, 0.717) is 4.83 Å². The Morgan fingerprint density at radius 2 is 1.89 bits per heavy atom. The van der Waals surface area contributed by atoms with E-state index in [1.165, 1.54) is 36.0 Å². The van der Waals surface area contributed by atoms with Gasteiger partial charge in [0, 0.05) is 4.83 Å². The summed E-state index contributed by atoms with van der Waals surface area (Å²) < 4.78 is 0. The van der Waals surface area contributed by atoms with Crippen LogP contribution in [-0.2, 0) is 19.3 Å². The Labute approximate surface area is 124 Å². The second kappa shape index (κ2) is 5.50. The molecule has 0 saturated carbocycles. The van der Waals surface area contributed by atoms with Gasteiger partial charge >= 0.3 is 0 Å². The first-order valence-electron chi connectivity index (χ1n) is 7.04. The van der Waals surface area contributed by atoms with Gasteiger partial charge in [-0.3, -0.25) is 0 Å². The maximum absolute atomic E-state index is 3.86. The van der Waals surface area contributed by atoms with E-state index < -0.39 is 0 Å². The summed E-state index contributed by atoms with van der Waals surface area (Å²) in [5, 5.41) is 0. The molecule has 0 aromatic heterocycles. The fraction of sp³-hybridized carbons (Fsp3) is 0.333. The molecule has 98 valence electrons. The van der Waals surface area contributed by atoms with Gasteiger partial charge in [-0.05, 0) is 54.9 Å². The minimum Gasteiger partial charge on any atom is -0.0835 e. The standard InChI is InChI=1S/C18H19Br/c1-13-4-2-5-14(10-13)11-18(19)17-9-8-15-6-3-7-16(15)12-17/h2,4-5,8-10,12,18H,3,6-7,11H2,1H3. The van der Waals surface area contributed by atoms with Crippen LogP contribution in [-0.4, -0.2) is 0 Å². The lowest BCUT2D eigenvalue weighted by molar-refractivity contribution is 0.910. The highest BCUT2D eigenvalue weighted by molar-refractivity contribution is 9.09. The number of hydrogen-bond donors (Lipinski definition) is 0. The van der Waals surface area contributed by atoms with Crippen molar-refractivity contribution in [2.24, 2.45) is 0 Å². The van der Waals surface area contributed by atoms with E-state index in [-0.39, 0.29) is 0 Å². The van der Waals surface area contributed by atoms with Crippen LogP contribution in [0.1, 0.15) is 39.1 Å². The Balaban J connectivity index is 1.78. The van der Waals surface area contributed by atoms with Crippen molar-refractivity contribution in [2.45, 2.75) is 37.4 Å². The predicted molar refractivity (Wildman–Crippen MR) is 85.0 cm³/mol. The molecule has 0 bridgehead atoms. The fourth-order valence-electron chi connectivity index (χ4n) is 2.95. The lowest BCUT2D eigenvalue weighted by Crippen LogP contribution is -1.97. The second-order valence-corrected chi connectivity index (χ2v) is 6.65. The lowest BCUT2D eigenvalue weighted by Gasteiger charge is -2.12. The van der Waals surface area contributed by atoms with E-state index in [0.717, 1.165) is 6.42 Å². The highest BCUT2D eigenvalue weighted by Gasteiger charge is 2.14. The Bertz CT molecular complexity index is 586. The van der Waals surface area contributed by atoms with Gasteiger partial charge in [-0.15, -0.1) is 0 Å². The zero-order valence-electron chi connectivity index (χ0n) is 11.3. The third kappa shape index (κ3) is 2.92. The molecule has 2 aromatic rings. The van der Waals surface area contributed by atoms with Gasteiger partial charge in [0.05, 0.1) is 0 Å². The van der Waals surface area contributed by atoms with Gasteiger partial charge in [0.2, 0.25) is 0 Å². The summed E-state index contributed by atoms with van der Waals surface area (Å²) in [4.78, 5) is 0.417. The smallest absolute Gasteiger partial charge is 0.0435 e. The number of benzene rings is 2. The van der Waals surface area contributed by atoms with Gasteiger partial charge in [-0.25, -0.2) is 0 Å². The fourth-order valence-corrected chi connectivity index (χ4v) is 3.61. The average molecular weight is 315 g/mol. The van der Waals surface area contributed by atoms with Crippen molar-refractivity contribution >= 4 is 15.9 Å². The van der Waals surface area contributed by atoms with Gasteiger partial charge in [0.25, 0.3) is 0 Å². The van der Waals surface area contributed by atoms with Crippen LogP contribution < -0.4 is 0 Å². The maximum Gasteiger partial charge on any atom is 0.0435 e. The molecule has 1 aliphatic rings.